The van der Waals surface area contributed by atoms with E-state index in [1.165, 1.54) is 24.3 Å². The summed E-state index contributed by atoms with van der Waals surface area (Å²) in [5.74, 6) is 0.174. The number of aryl methyl sites for hydroxylation is 1. The highest BCUT2D eigenvalue weighted by atomic mass is 19.1. The Bertz CT molecular complexity index is 1140. The summed E-state index contributed by atoms with van der Waals surface area (Å²) in [7, 11) is 0. The van der Waals surface area contributed by atoms with Crippen LogP contribution in [-0.4, -0.2) is 20.8 Å². The Morgan fingerprint density at radius 1 is 1.17 bits per heavy atom. The number of hydrogen-bond donors (Lipinski definition) is 1. The third-order valence-corrected chi connectivity index (χ3v) is 4.48. The molecule has 7 nitrogen and oxygen atoms in total. The lowest BCUT2D eigenvalue weighted by Crippen LogP contribution is -2.15. The molecule has 1 amide bonds. The van der Waals surface area contributed by atoms with Gasteiger partial charge >= 0.3 is 0 Å². The van der Waals surface area contributed by atoms with Gasteiger partial charge in [-0.25, -0.2) is 4.39 Å². The molecule has 2 aromatic heterocycles. The molecule has 8 heteroatoms. The second-order valence-corrected chi connectivity index (χ2v) is 6.67. The van der Waals surface area contributed by atoms with E-state index in [1.807, 2.05) is 30.3 Å². The largest absolute Gasteiger partial charge is 0.489 e. The topological polar surface area (TPSA) is 82.2 Å². The molecular formula is C22H19FN4O3. The van der Waals surface area contributed by atoms with Crippen molar-refractivity contribution in [1.29, 1.82) is 0 Å². The number of halogens is 1. The van der Waals surface area contributed by atoms with Crippen molar-refractivity contribution in [2.75, 3.05) is 5.32 Å². The minimum Gasteiger partial charge on any atom is -0.489 e. The fourth-order valence-electron chi connectivity index (χ4n) is 2.90. The SMILES string of the molecule is Cc1onc(C(=O)Nc2cnn(Cc3ccccc3)c2)c1COc1ccc(F)cc1. The summed E-state index contributed by atoms with van der Waals surface area (Å²) < 4.78 is 25.6. The van der Waals surface area contributed by atoms with Crippen LogP contribution in [0.15, 0.2) is 71.5 Å². The average molecular weight is 406 g/mol. The predicted molar refractivity (Wildman–Crippen MR) is 108 cm³/mol. The zero-order valence-electron chi connectivity index (χ0n) is 16.2. The normalized spacial score (nSPS) is 10.7. The molecule has 0 bridgehead atoms. The summed E-state index contributed by atoms with van der Waals surface area (Å²) in [5.41, 5.74) is 2.30. The van der Waals surface area contributed by atoms with Crippen LogP contribution >= 0.6 is 0 Å². The van der Waals surface area contributed by atoms with E-state index in [1.54, 1.807) is 24.0 Å². The molecule has 152 valence electrons. The summed E-state index contributed by atoms with van der Waals surface area (Å²) >= 11 is 0. The highest BCUT2D eigenvalue weighted by Gasteiger charge is 2.21. The minimum absolute atomic E-state index is 0.0665. The second kappa shape index (κ2) is 8.60. The molecule has 0 aliphatic carbocycles. The van der Waals surface area contributed by atoms with Crippen molar-refractivity contribution in [3.8, 4) is 5.75 Å². The number of anilines is 1. The van der Waals surface area contributed by atoms with Crippen LogP contribution in [0, 0.1) is 12.7 Å². The number of ether oxygens (including phenoxy) is 1. The Hall–Kier alpha value is -3.94. The zero-order chi connectivity index (χ0) is 20.9. The maximum atomic E-state index is 13.0. The molecule has 0 saturated carbocycles. The van der Waals surface area contributed by atoms with Gasteiger partial charge in [-0.15, -0.1) is 0 Å². The van der Waals surface area contributed by atoms with Crippen molar-refractivity contribution in [1.82, 2.24) is 14.9 Å². The molecule has 0 atom stereocenters. The second-order valence-electron chi connectivity index (χ2n) is 6.67. The van der Waals surface area contributed by atoms with Gasteiger partial charge in [0, 0.05) is 6.20 Å². The van der Waals surface area contributed by atoms with Crippen LogP contribution < -0.4 is 10.1 Å². The molecule has 0 aliphatic heterocycles. The average Bonchev–Trinajstić information content (AvgIpc) is 3.34. The minimum atomic E-state index is -0.427. The molecule has 2 heterocycles. The number of nitrogens with one attached hydrogen (secondary N) is 1. The van der Waals surface area contributed by atoms with E-state index < -0.39 is 5.91 Å². The van der Waals surface area contributed by atoms with E-state index in [0.717, 1.165) is 5.56 Å². The van der Waals surface area contributed by atoms with Crippen LogP contribution in [0.5, 0.6) is 5.75 Å². The zero-order valence-corrected chi connectivity index (χ0v) is 16.2. The third-order valence-electron chi connectivity index (χ3n) is 4.48. The van der Waals surface area contributed by atoms with E-state index in [0.29, 0.717) is 29.3 Å². The van der Waals surface area contributed by atoms with Crippen molar-refractivity contribution in [3.63, 3.8) is 0 Å². The number of amides is 1. The van der Waals surface area contributed by atoms with Gasteiger partial charge in [0.25, 0.3) is 5.91 Å². The molecule has 0 fully saturated rings. The number of rotatable bonds is 7. The summed E-state index contributed by atoms with van der Waals surface area (Å²) in [6, 6.07) is 15.5. The highest BCUT2D eigenvalue weighted by Crippen LogP contribution is 2.19. The summed E-state index contributed by atoms with van der Waals surface area (Å²) in [5, 5.41) is 10.9. The van der Waals surface area contributed by atoms with Gasteiger partial charge < -0.3 is 14.6 Å². The Morgan fingerprint density at radius 2 is 1.93 bits per heavy atom. The number of benzene rings is 2. The van der Waals surface area contributed by atoms with E-state index >= 15 is 0 Å². The predicted octanol–water partition coefficient (Wildman–Crippen LogP) is 4.20. The Morgan fingerprint density at radius 3 is 2.70 bits per heavy atom. The summed E-state index contributed by atoms with van der Waals surface area (Å²) in [6.07, 6.45) is 3.31. The number of carbonyl (C=O) groups excluding carboxylic acids is 1. The van der Waals surface area contributed by atoms with Gasteiger partial charge in [0.1, 0.15) is 23.9 Å². The van der Waals surface area contributed by atoms with E-state index in [4.69, 9.17) is 9.26 Å². The van der Waals surface area contributed by atoms with Crippen LogP contribution in [0.2, 0.25) is 0 Å². The fraction of sp³-hybridized carbons (Fsp3) is 0.136. The quantitative estimate of drug-likeness (QED) is 0.497. The number of nitrogens with zero attached hydrogens (tertiary/aromatic N) is 3. The van der Waals surface area contributed by atoms with Gasteiger partial charge in [0.15, 0.2) is 5.69 Å². The van der Waals surface area contributed by atoms with Crippen molar-refractivity contribution >= 4 is 11.6 Å². The van der Waals surface area contributed by atoms with Gasteiger partial charge in [-0.2, -0.15) is 5.10 Å². The molecular weight excluding hydrogens is 387 g/mol. The molecule has 0 radical (unpaired) electrons. The molecule has 0 unspecified atom stereocenters. The Balaban J connectivity index is 1.42. The number of carbonyl (C=O) groups is 1. The van der Waals surface area contributed by atoms with Gasteiger partial charge in [-0.3, -0.25) is 9.48 Å². The first-order valence-electron chi connectivity index (χ1n) is 9.30. The lowest BCUT2D eigenvalue weighted by molar-refractivity contribution is 0.101. The first-order chi connectivity index (χ1) is 14.6. The Labute approximate surface area is 172 Å². The molecule has 2 aromatic carbocycles. The standard InChI is InChI=1S/C22H19FN4O3/c1-15-20(14-29-19-9-7-17(23)8-10-19)21(26-30-15)22(28)25-18-11-24-27(13-18)12-16-5-3-2-4-6-16/h2-11,13H,12,14H2,1H3,(H,25,28). The van der Waals surface area contributed by atoms with Gasteiger partial charge in [-0.05, 0) is 36.8 Å². The van der Waals surface area contributed by atoms with Crippen molar-refractivity contribution < 1.29 is 18.4 Å². The fourth-order valence-corrected chi connectivity index (χ4v) is 2.90. The van der Waals surface area contributed by atoms with Crippen molar-refractivity contribution in [3.05, 3.63) is 95.4 Å². The number of aromatic nitrogens is 3. The van der Waals surface area contributed by atoms with E-state index in [-0.39, 0.29) is 18.1 Å². The lowest BCUT2D eigenvalue weighted by Gasteiger charge is -2.06. The maximum Gasteiger partial charge on any atom is 0.278 e. The van der Waals surface area contributed by atoms with Gasteiger partial charge in [0.2, 0.25) is 0 Å². The molecule has 0 spiro atoms. The van der Waals surface area contributed by atoms with Crippen LogP contribution in [0.4, 0.5) is 10.1 Å². The lowest BCUT2D eigenvalue weighted by atomic mass is 10.2. The summed E-state index contributed by atoms with van der Waals surface area (Å²) in [4.78, 5) is 12.7. The van der Waals surface area contributed by atoms with Crippen molar-refractivity contribution in [2.24, 2.45) is 0 Å². The maximum absolute atomic E-state index is 13.0. The van der Waals surface area contributed by atoms with Gasteiger partial charge in [-0.1, -0.05) is 35.5 Å². The van der Waals surface area contributed by atoms with Crippen LogP contribution in [0.3, 0.4) is 0 Å². The molecule has 4 aromatic rings. The molecule has 4 rings (SSSR count). The third kappa shape index (κ3) is 4.54. The van der Waals surface area contributed by atoms with E-state index in [9.17, 15) is 9.18 Å². The highest BCUT2D eigenvalue weighted by molar-refractivity contribution is 6.03. The molecule has 0 saturated heterocycles. The summed E-state index contributed by atoms with van der Waals surface area (Å²) in [6.45, 7) is 2.36. The van der Waals surface area contributed by atoms with E-state index in [2.05, 4.69) is 15.6 Å². The van der Waals surface area contributed by atoms with Crippen LogP contribution in [0.25, 0.3) is 0 Å². The number of hydrogen-bond acceptors (Lipinski definition) is 5. The smallest absolute Gasteiger partial charge is 0.278 e. The van der Waals surface area contributed by atoms with Crippen LogP contribution in [0.1, 0.15) is 27.4 Å². The first kappa shape index (κ1) is 19.4. The van der Waals surface area contributed by atoms with Crippen LogP contribution in [-0.2, 0) is 13.2 Å². The first-order valence-corrected chi connectivity index (χ1v) is 9.30. The Kier molecular flexibility index (Phi) is 5.56. The molecule has 1 N–H and O–H groups in total. The molecule has 0 aliphatic rings. The van der Waals surface area contributed by atoms with Gasteiger partial charge in [0.05, 0.1) is 24.0 Å². The van der Waals surface area contributed by atoms with Crippen molar-refractivity contribution in [2.45, 2.75) is 20.1 Å². The molecule has 30 heavy (non-hydrogen) atoms. The monoisotopic (exact) mass is 406 g/mol.